The van der Waals surface area contributed by atoms with E-state index in [1.807, 2.05) is 24.6 Å². The highest BCUT2D eigenvalue weighted by atomic mass is 79.9. The molecule has 3 aromatic rings. The molecule has 0 spiro atoms. The Balaban J connectivity index is 1.86. The molecule has 0 radical (unpaired) electrons. The fourth-order valence-corrected chi connectivity index (χ4v) is 2.32. The summed E-state index contributed by atoms with van der Waals surface area (Å²) in [5.74, 6) is -0.0852. The van der Waals surface area contributed by atoms with Crippen molar-refractivity contribution in [2.75, 3.05) is 5.32 Å². The number of rotatable bonds is 3. The molecule has 3 rings (SSSR count). The van der Waals surface area contributed by atoms with Crippen LogP contribution in [0.25, 0.3) is 11.0 Å². The zero-order chi connectivity index (χ0) is 15.0. The maximum absolute atomic E-state index is 12.0. The van der Waals surface area contributed by atoms with E-state index in [-0.39, 0.29) is 17.7 Å². The van der Waals surface area contributed by atoms with Crippen LogP contribution in [0.3, 0.4) is 0 Å². The molecule has 0 aliphatic carbocycles. The molecule has 0 saturated carbocycles. The molecule has 0 aliphatic heterocycles. The van der Waals surface area contributed by atoms with Gasteiger partial charge in [-0.3, -0.25) is 4.79 Å². The number of halogens is 1. The number of anilines is 1. The molecule has 7 heteroatoms. The quantitative estimate of drug-likeness (QED) is 0.784. The topological polar surface area (TPSA) is 73.0 Å². The molecule has 0 aromatic carbocycles. The zero-order valence-corrected chi connectivity index (χ0v) is 13.1. The van der Waals surface area contributed by atoms with Crippen molar-refractivity contribution in [2.24, 2.45) is 0 Å². The van der Waals surface area contributed by atoms with Gasteiger partial charge in [-0.1, -0.05) is 0 Å². The van der Waals surface area contributed by atoms with Gasteiger partial charge in [0, 0.05) is 11.4 Å². The van der Waals surface area contributed by atoms with Gasteiger partial charge in [0.2, 0.25) is 0 Å². The minimum absolute atomic E-state index is 0.232. The first-order valence-corrected chi connectivity index (χ1v) is 7.24. The standard InChI is InChI=1S/C14H13BrN4O2/c1-8(2)19-13-9(6-17-19)5-10(7-16-13)18-14(20)11-3-4-12(15)21-11/h3-8H,1-2H3,(H,18,20). The van der Waals surface area contributed by atoms with Crippen molar-refractivity contribution >= 4 is 38.6 Å². The van der Waals surface area contributed by atoms with Crippen LogP contribution in [-0.2, 0) is 0 Å². The van der Waals surface area contributed by atoms with Crippen LogP contribution in [0, 0.1) is 0 Å². The molecule has 0 unspecified atom stereocenters. The predicted molar refractivity (Wildman–Crippen MR) is 82.3 cm³/mol. The van der Waals surface area contributed by atoms with Crippen LogP contribution >= 0.6 is 15.9 Å². The second-order valence-electron chi connectivity index (χ2n) is 4.88. The third kappa shape index (κ3) is 2.69. The first-order valence-electron chi connectivity index (χ1n) is 6.44. The summed E-state index contributed by atoms with van der Waals surface area (Å²) in [5, 5.41) is 7.92. The highest BCUT2D eigenvalue weighted by Crippen LogP contribution is 2.20. The maximum Gasteiger partial charge on any atom is 0.291 e. The Labute approximate surface area is 129 Å². The maximum atomic E-state index is 12.0. The molecule has 0 aliphatic rings. The first kappa shape index (κ1) is 13.8. The summed E-state index contributed by atoms with van der Waals surface area (Å²) in [6.07, 6.45) is 3.35. The predicted octanol–water partition coefficient (Wildman–Crippen LogP) is 3.62. The van der Waals surface area contributed by atoms with Crippen LogP contribution < -0.4 is 5.32 Å². The molecule has 108 valence electrons. The van der Waals surface area contributed by atoms with Gasteiger partial charge < -0.3 is 9.73 Å². The summed E-state index contributed by atoms with van der Waals surface area (Å²) in [6.45, 7) is 4.08. The van der Waals surface area contributed by atoms with Gasteiger partial charge in [-0.2, -0.15) is 5.10 Å². The Morgan fingerprint density at radius 2 is 2.19 bits per heavy atom. The number of fused-ring (bicyclic) bond motifs is 1. The molecule has 0 atom stereocenters. The van der Waals surface area contributed by atoms with E-state index < -0.39 is 0 Å². The number of nitrogens with zero attached hydrogens (tertiary/aromatic N) is 3. The summed E-state index contributed by atoms with van der Waals surface area (Å²) >= 11 is 3.16. The van der Waals surface area contributed by atoms with E-state index in [9.17, 15) is 4.79 Å². The van der Waals surface area contributed by atoms with Crippen LogP contribution in [0.1, 0.15) is 30.4 Å². The van der Waals surface area contributed by atoms with Gasteiger partial charge in [-0.15, -0.1) is 0 Å². The number of amides is 1. The number of nitrogens with one attached hydrogen (secondary N) is 1. The number of pyridine rings is 1. The summed E-state index contributed by atoms with van der Waals surface area (Å²) < 4.78 is 7.56. The molecule has 6 nitrogen and oxygen atoms in total. The largest absolute Gasteiger partial charge is 0.444 e. The van der Waals surface area contributed by atoms with Gasteiger partial charge in [0.15, 0.2) is 16.1 Å². The minimum atomic E-state index is -0.321. The molecular formula is C14H13BrN4O2. The molecule has 3 aromatic heterocycles. The number of carbonyl (C=O) groups excluding carboxylic acids is 1. The molecule has 1 N–H and O–H groups in total. The third-order valence-electron chi connectivity index (χ3n) is 2.98. The van der Waals surface area contributed by atoms with Gasteiger partial charge in [0.25, 0.3) is 5.91 Å². The van der Waals surface area contributed by atoms with Crippen LogP contribution in [-0.4, -0.2) is 20.7 Å². The Hall–Kier alpha value is -2.15. The summed E-state index contributed by atoms with van der Waals surface area (Å²) in [6, 6.07) is 5.34. The fourth-order valence-electron chi connectivity index (χ4n) is 2.02. The number of hydrogen-bond donors (Lipinski definition) is 1. The number of furan rings is 1. The van der Waals surface area contributed by atoms with E-state index >= 15 is 0 Å². The normalized spacial score (nSPS) is 11.2. The molecule has 3 heterocycles. The Kier molecular flexibility index (Phi) is 3.50. The lowest BCUT2D eigenvalue weighted by molar-refractivity contribution is 0.0995. The van der Waals surface area contributed by atoms with Crippen molar-refractivity contribution in [2.45, 2.75) is 19.9 Å². The van der Waals surface area contributed by atoms with E-state index in [0.717, 1.165) is 11.0 Å². The lowest BCUT2D eigenvalue weighted by Gasteiger charge is -2.07. The Morgan fingerprint density at radius 3 is 2.86 bits per heavy atom. The minimum Gasteiger partial charge on any atom is -0.444 e. The summed E-state index contributed by atoms with van der Waals surface area (Å²) in [5.41, 5.74) is 1.40. The van der Waals surface area contributed by atoms with E-state index in [4.69, 9.17) is 4.42 Å². The van der Waals surface area contributed by atoms with Crippen LogP contribution in [0.5, 0.6) is 0 Å². The average molecular weight is 349 g/mol. The van der Waals surface area contributed by atoms with Crippen molar-refractivity contribution in [3.63, 3.8) is 0 Å². The zero-order valence-electron chi connectivity index (χ0n) is 11.5. The Morgan fingerprint density at radius 1 is 1.38 bits per heavy atom. The number of aromatic nitrogens is 3. The van der Waals surface area contributed by atoms with Crippen molar-refractivity contribution < 1.29 is 9.21 Å². The van der Waals surface area contributed by atoms with Crippen molar-refractivity contribution in [1.29, 1.82) is 0 Å². The van der Waals surface area contributed by atoms with E-state index in [1.54, 1.807) is 24.5 Å². The smallest absolute Gasteiger partial charge is 0.291 e. The second kappa shape index (κ2) is 5.33. The van der Waals surface area contributed by atoms with Gasteiger partial charge in [-0.25, -0.2) is 9.67 Å². The van der Waals surface area contributed by atoms with Crippen molar-refractivity contribution in [3.05, 3.63) is 41.0 Å². The highest BCUT2D eigenvalue weighted by Gasteiger charge is 2.12. The van der Waals surface area contributed by atoms with Crippen LogP contribution in [0.4, 0.5) is 5.69 Å². The van der Waals surface area contributed by atoms with Gasteiger partial charge >= 0.3 is 0 Å². The molecule has 0 fully saturated rings. The number of hydrogen-bond acceptors (Lipinski definition) is 4. The van der Waals surface area contributed by atoms with E-state index in [1.165, 1.54) is 0 Å². The van der Waals surface area contributed by atoms with Gasteiger partial charge in [-0.05, 0) is 48.0 Å². The van der Waals surface area contributed by atoms with Crippen LogP contribution in [0.15, 0.2) is 39.7 Å². The van der Waals surface area contributed by atoms with Crippen LogP contribution in [0.2, 0.25) is 0 Å². The SMILES string of the molecule is CC(C)n1ncc2cc(NC(=O)c3ccc(Br)o3)cnc21. The lowest BCUT2D eigenvalue weighted by Crippen LogP contribution is -2.11. The van der Waals surface area contributed by atoms with E-state index in [2.05, 4.69) is 31.3 Å². The molecule has 0 saturated heterocycles. The Bertz CT molecular complexity index is 806. The summed E-state index contributed by atoms with van der Waals surface area (Å²) in [7, 11) is 0. The van der Waals surface area contributed by atoms with Gasteiger partial charge in [0.05, 0.1) is 18.1 Å². The third-order valence-corrected chi connectivity index (χ3v) is 3.40. The fraction of sp³-hybridized carbons (Fsp3) is 0.214. The molecule has 21 heavy (non-hydrogen) atoms. The highest BCUT2D eigenvalue weighted by molar-refractivity contribution is 9.10. The second-order valence-corrected chi connectivity index (χ2v) is 5.66. The van der Waals surface area contributed by atoms with Crippen molar-refractivity contribution in [3.8, 4) is 0 Å². The van der Waals surface area contributed by atoms with E-state index in [0.29, 0.717) is 10.4 Å². The molecule has 1 amide bonds. The van der Waals surface area contributed by atoms with Gasteiger partial charge in [0.1, 0.15) is 0 Å². The number of carbonyl (C=O) groups is 1. The average Bonchev–Trinajstić information content (AvgIpc) is 3.04. The van der Waals surface area contributed by atoms with Crippen molar-refractivity contribution in [1.82, 2.24) is 14.8 Å². The molecular weight excluding hydrogens is 336 g/mol. The first-order chi connectivity index (χ1) is 10.0. The molecule has 0 bridgehead atoms. The summed E-state index contributed by atoms with van der Waals surface area (Å²) in [4.78, 5) is 16.4. The monoisotopic (exact) mass is 348 g/mol. The lowest BCUT2D eigenvalue weighted by atomic mass is 10.3.